The van der Waals surface area contributed by atoms with Gasteiger partial charge in [-0.15, -0.1) is 0 Å². The van der Waals surface area contributed by atoms with Gasteiger partial charge in [0, 0.05) is 0 Å². The minimum Gasteiger partial charge on any atom is -0.468 e. The Bertz CT molecular complexity index is 358. The Kier molecular flexibility index (Phi) is 8.06. The molecular formula is C21H38O3. The molecule has 0 aliphatic heterocycles. The topological polar surface area (TPSA) is 46.5 Å². The Labute approximate surface area is 148 Å². The van der Waals surface area contributed by atoms with E-state index in [2.05, 4.69) is 6.92 Å². The van der Waals surface area contributed by atoms with Crippen LogP contribution >= 0.6 is 0 Å². The maximum Gasteiger partial charge on any atom is 0.293 e. The van der Waals surface area contributed by atoms with Crippen LogP contribution in [0.5, 0.6) is 0 Å². The monoisotopic (exact) mass is 338 g/mol. The number of aliphatic hydroxyl groups excluding tert-OH is 1. The summed E-state index contributed by atoms with van der Waals surface area (Å²) >= 11 is 0. The standard InChI is InChI=1S/C21H38O3/c1-2-9-20(12-13-20)10-5-3-7-19(23)8-4-6-11-21(14-15-21)16-17-24-18-22/h18-19,23H,2-17H2,1H3. The predicted octanol–water partition coefficient (Wildman–Crippen LogP) is 5.39. The molecule has 0 amide bonds. The maximum absolute atomic E-state index is 10.2. The van der Waals surface area contributed by atoms with Gasteiger partial charge in [-0.2, -0.15) is 0 Å². The van der Waals surface area contributed by atoms with E-state index in [9.17, 15) is 9.90 Å². The van der Waals surface area contributed by atoms with Gasteiger partial charge in [-0.25, -0.2) is 0 Å². The van der Waals surface area contributed by atoms with Crippen LogP contribution in [0.25, 0.3) is 0 Å². The van der Waals surface area contributed by atoms with E-state index in [-0.39, 0.29) is 6.10 Å². The van der Waals surface area contributed by atoms with Crippen LogP contribution in [0.3, 0.4) is 0 Å². The first kappa shape index (κ1) is 19.8. The number of ether oxygens (including phenoxy) is 1. The Morgan fingerprint density at radius 1 is 0.917 bits per heavy atom. The van der Waals surface area contributed by atoms with Gasteiger partial charge in [0.1, 0.15) is 0 Å². The predicted molar refractivity (Wildman–Crippen MR) is 97.8 cm³/mol. The highest BCUT2D eigenvalue weighted by Crippen LogP contribution is 2.54. The van der Waals surface area contributed by atoms with Gasteiger partial charge < -0.3 is 9.84 Å². The van der Waals surface area contributed by atoms with E-state index < -0.39 is 0 Å². The SMILES string of the molecule is CCCC1(CCCCC(O)CCCCC2(CCOC=O)CC2)CC1. The zero-order valence-corrected chi connectivity index (χ0v) is 15.7. The minimum absolute atomic E-state index is 0.0973. The molecule has 0 heterocycles. The van der Waals surface area contributed by atoms with Crippen molar-refractivity contribution >= 4 is 6.47 Å². The van der Waals surface area contributed by atoms with Crippen LogP contribution in [0.15, 0.2) is 0 Å². The molecule has 0 spiro atoms. The number of hydrogen-bond donors (Lipinski definition) is 1. The largest absolute Gasteiger partial charge is 0.468 e. The molecule has 140 valence electrons. The van der Waals surface area contributed by atoms with E-state index in [0.717, 1.165) is 25.7 Å². The number of rotatable bonds is 16. The van der Waals surface area contributed by atoms with Gasteiger partial charge in [-0.3, -0.25) is 4.79 Å². The molecule has 0 aromatic rings. The van der Waals surface area contributed by atoms with Crippen LogP contribution in [0.4, 0.5) is 0 Å². The third-order valence-electron chi connectivity index (χ3n) is 6.50. The van der Waals surface area contributed by atoms with Gasteiger partial charge >= 0.3 is 0 Å². The molecule has 1 unspecified atom stereocenters. The Balaban J connectivity index is 1.42. The summed E-state index contributed by atoms with van der Waals surface area (Å²) in [5, 5.41) is 10.2. The highest BCUT2D eigenvalue weighted by molar-refractivity contribution is 5.36. The lowest BCUT2D eigenvalue weighted by atomic mass is 9.92. The Morgan fingerprint density at radius 2 is 1.46 bits per heavy atom. The molecule has 1 N–H and O–H groups in total. The second-order valence-corrected chi connectivity index (χ2v) is 8.61. The van der Waals surface area contributed by atoms with E-state index in [1.807, 2.05) is 0 Å². The maximum atomic E-state index is 10.2. The smallest absolute Gasteiger partial charge is 0.293 e. The first-order valence-electron chi connectivity index (χ1n) is 10.4. The zero-order chi connectivity index (χ0) is 17.3. The highest BCUT2D eigenvalue weighted by Gasteiger charge is 2.41. The van der Waals surface area contributed by atoms with Crippen LogP contribution < -0.4 is 0 Å². The number of unbranched alkanes of at least 4 members (excludes halogenated alkanes) is 2. The first-order valence-corrected chi connectivity index (χ1v) is 10.4. The molecule has 2 aliphatic carbocycles. The molecule has 2 rings (SSSR count). The average molecular weight is 339 g/mol. The van der Waals surface area contributed by atoms with Crippen molar-refractivity contribution in [1.82, 2.24) is 0 Å². The van der Waals surface area contributed by atoms with Crippen molar-refractivity contribution in [3.8, 4) is 0 Å². The Hall–Kier alpha value is -0.570. The lowest BCUT2D eigenvalue weighted by Crippen LogP contribution is -2.09. The zero-order valence-electron chi connectivity index (χ0n) is 15.7. The Morgan fingerprint density at radius 3 is 1.92 bits per heavy atom. The third-order valence-corrected chi connectivity index (χ3v) is 6.50. The van der Waals surface area contributed by atoms with Crippen LogP contribution in [-0.2, 0) is 9.53 Å². The summed E-state index contributed by atoms with van der Waals surface area (Å²) in [5.41, 5.74) is 1.18. The average Bonchev–Trinajstić information content (AvgIpc) is 3.48. The quantitative estimate of drug-likeness (QED) is 0.303. The van der Waals surface area contributed by atoms with Gasteiger partial charge in [-0.1, -0.05) is 39.0 Å². The van der Waals surface area contributed by atoms with Gasteiger partial charge in [0.2, 0.25) is 0 Å². The van der Waals surface area contributed by atoms with E-state index >= 15 is 0 Å². The summed E-state index contributed by atoms with van der Waals surface area (Å²) < 4.78 is 4.83. The van der Waals surface area contributed by atoms with Gasteiger partial charge in [0.05, 0.1) is 12.7 Å². The van der Waals surface area contributed by atoms with Crippen molar-refractivity contribution in [2.75, 3.05) is 6.61 Å². The summed E-state index contributed by atoms with van der Waals surface area (Å²) in [7, 11) is 0. The summed E-state index contributed by atoms with van der Waals surface area (Å²) in [6.07, 6.45) is 18.5. The fraction of sp³-hybridized carbons (Fsp3) is 0.952. The highest BCUT2D eigenvalue weighted by atomic mass is 16.5. The van der Waals surface area contributed by atoms with Gasteiger partial charge in [-0.05, 0) is 75.0 Å². The van der Waals surface area contributed by atoms with Crippen molar-refractivity contribution in [2.24, 2.45) is 10.8 Å². The second-order valence-electron chi connectivity index (χ2n) is 8.61. The molecule has 0 bridgehead atoms. The normalized spacial score (nSPS) is 21.2. The lowest BCUT2D eigenvalue weighted by Gasteiger charge is -2.16. The summed E-state index contributed by atoms with van der Waals surface area (Å²) in [4.78, 5) is 10.2. The van der Waals surface area contributed by atoms with E-state index in [1.54, 1.807) is 0 Å². The molecule has 0 radical (unpaired) electrons. The van der Waals surface area contributed by atoms with Gasteiger partial charge in [0.25, 0.3) is 6.47 Å². The lowest BCUT2D eigenvalue weighted by molar-refractivity contribution is -0.129. The third kappa shape index (κ3) is 7.13. The fourth-order valence-corrected chi connectivity index (χ4v) is 4.36. The molecule has 3 nitrogen and oxygen atoms in total. The summed E-state index contributed by atoms with van der Waals surface area (Å²) in [6, 6.07) is 0. The second kappa shape index (κ2) is 9.79. The summed E-state index contributed by atoms with van der Waals surface area (Å²) in [6.45, 7) is 3.43. The summed E-state index contributed by atoms with van der Waals surface area (Å²) in [5.74, 6) is 0. The van der Waals surface area contributed by atoms with Crippen molar-refractivity contribution in [3.63, 3.8) is 0 Å². The van der Waals surface area contributed by atoms with Crippen LogP contribution in [0.1, 0.15) is 103 Å². The van der Waals surface area contributed by atoms with Crippen molar-refractivity contribution < 1.29 is 14.6 Å². The molecule has 0 saturated heterocycles. The van der Waals surface area contributed by atoms with Crippen molar-refractivity contribution in [1.29, 1.82) is 0 Å². The van der Waals surface area contributed by atoms with E-state index in [1.165, 1.54) is 70.6 Å². The van der Waals surface area contributed by atoms with Crippen LogP contribution in [0, 0.1) is 10.8 Å². The molecule has 2 aliphatic rings. The number of hydrogen-bond acceptors (Lipinski definition) is 3. The van der Waals surface area contributed by atoms with Crippen LogP contribution in [-0.4, -0.2) is 24.3 Å². The first-order chi connectivity index (χ1) is 11.6. The van der Waals surface area contributed by atoms with Crippen molar-refractivity contribution in [3.05, 3.63) is 0 Å². The van der Waals surface area contributed by atoms with E-state index in [0.29, 0.717) is 23.9 Å². The molecule has 0 aromatic heterocycles. The number of aliphatic hydroxyl groups is 1. The van der Waals surface area contributed by atoms with Crippen LogP contribution in [0.2, 0.25) is 0 Å². The molecule has 2 fully saturated rings. The molecule has 1 atom stereocenters. The van der Waals surface area contributed by atoms with Crippen molar-refractivity contribution in [2.45, 2.75) is 109 Å². The molecule has 2 saturated carbocycles. The fourth-order valence-electron chi connectivity index (χ4n) is 4.36. The molecule has 3 heteroatoms. The van der Waals surface area contributed by atoms with E-state index in [4.69, 9.17) is 4.74 Å². The van der Waals surface area contributed by atoms with Gasteiger partial charge in [0.15, 0.2) is 0 Å². The molecular weight excluding hydrogens is 300 g/mol. The molecule has 0 aromatic carbocycles. The molecule has 24 heavy (non-hydrogen) atoms. The minimum atomic E-state index is -0.0973. The number of carbonyl (C=O) groups excluding carboxylic acids is 1. The number of carbonyl (C=O) groups is 1.